The van der Waals surface area contributed by atoms with Crippen LogP contribution in [0.2, 0.25) is 0 Å². The highest BCUT2D eigenvalue weighted by atomic mass is 16.2. The standard InChI is InChI=1S/C12H21N3O3/c1-5-12(4)10(17)13-11(18)15(12)8-9(16)14(6-2)7-3/h5-8H2,1-4H3,(H,13,17,18). The molecular formula is C12H21N3O3. The number of nitrogens with zero attached hydrogens (tertiary/aromatic N) is 2. The summed E-state index contributed by atoms with van der Waals surface area (Å²) in [6.07, 6.45) is 0.482. The van der Waals surface area contributed by atoms with Crippen molar-refractivity contribution in [2.45, 2.75) is 39.7 Å². The van der Waals surface area contributed by atoms with Gasteiger partial charge in [0.2, 0.25) is 5.91 Å². The second kappa shape index (κ2) is 5.37. The van der Waals surface area contributed by atoms with Crippen LogP contribution in [0.4, 0.5) is 4.79 Å². The number of carbonyl (C=O) groups is 3. The van der Waals surface area contributed by atoms with Gasteiger partial charge in [-0.25, -0.2) is 4.79 Å². The molecule has 1 aliphatic heterocycles. The van der Waals surface area contributed by atoms with E-state index in [0.29, 0.717) is 19.5 Å². The first-order valence-corrected chi connectivity index (χ1v) is 6.31. The van der Waals surface area contributed by atoms with Crippen molar-refractivity contribution in [3.05, 3.63) is 0 Å². The zero-order valence-electron chi connectivity index (χ0n) is 11.4. The van der Waals surface area contributed by atoms with Gasteiger partial charge in [-0.2, -0.15) is 0 Å². The van der Waals surface area contributed by atoms with Gasteiger partial charge in [0.25, 0.3) is 5.91 Å². The summed E-state index contributed by atoms with van der Waals surface area (Å²) in [6.45, 7) is 8.42. The summed E-state index contributed by atoms with van der Waals surface area (Å²) >= 11 is 0. The van der Waals surface area contributed by atoms with Gasteiger partial charge in [-0.15, -0.1) is 0 Å². The Balaban J connectivity index is 2.85. The molecule has 6 nitrogen and oxygen atoms in total. The molecule has 18 heavy (non-hydrogen) atoms. The zero-order valence-corrected chi connectivity index (χ0v) is 11.4. The van der Waals surface area contributed by atoms with E-state index in [1.807, 2.05) is 20.8 Å². The highest BCUT2D eigenvalue weighted by Gasteiger charge is 2.48. The summed E-state index contributed by atoms with van der Waals surface area (Å²) < 4.78 is 0. The molecule has 0 aromatic rings. The lowest BCUT2D eigenvalue weighted by molar-refractivity contribution is -0.133. The van der Waals surface area contributed by atoms with E-state index in [-0.39, 0.29) is 18.4 Å². The molecule has 0 bridgehead atoms. The second-order valence-corrected chi connectivity index (χ2v) is 4.54. The summed E-state index contributed by atoms with van der Waals surface area (Å²) in [6, 6.07) is -0.482. The fourth-order valence-corrected chi connectivity index (χ4v) is 2.06. The summed E-state index contributed by atoms with van der Waals surface area (Å²) in [7, 11) is 0. The minimum absolute atomic E-state index is 0.0520. The number of hydrogen-bond acceptors (Lipinski definition) is 3. The SMILES string of the molecule is CCN(CC)C(=O)CN1C(=O)NC(=O)C1(C)CC. The Labute approximate surface area is 107 Å². The third kappa shape index (κ3) is 2.32. The smallest absolute Gasteiger partial charge is 0.325 e. The quantitative estimate of drug-likeness (QED) is 0.730. The maximum atomic E-state index is 12.0. The Hall–Kier alpha value is -1.59. The van der Waals surface area contributed by atoms with E-state index in [2.05, 4.69) is 5.32 Å². The van der Waals surface area contributed by atoms with Crippen molar-refractivity contribution in [2.75, 3.05) is 19.6 Å². The lowest BCUT2D eigenvalue weighted by Gasteiger charge is -2.31. The van der Waals surface area contributed by atoms with Crippen molar-refractivity contribution in [2.24, 2.45) is 0 Å². The van der Waals surface area contributed by atoms with Crippen LogP contribution in [-0.4, -0.2) is 52.8 Å². The molecule has 1 fully saturated rings. The van der Waals surface area contributed by atoms with Gasteiger partial charge >= 0.3 is 6.03 Å². The molecule has 1 N–H and O–H groups in total. The lowest BCUT2D eigenvalue weighted by atomic mass is 9.97. The minimum atomic E-state index is -0.917. The van der Waals surface area contributed by atoms with Gasteiger partial charge in [0, 0.05) is 13.1 Å². The highest BCUT2D eigenvalue weighted by Crippen LogP contribution is 2.24. The van der Waals surface area contributed by atoms with E-state index < -0.39 is 11.6 Å². The Bertz CT molecular complexity index is 366. The summed E-state index contributed by atoms with van der Waals surface area (Å²) in [5.41, 5.74) is -0.917. The lowest BCUT2D eigenvalue weighted by Crippen LogP contribution is -2.51. The van der Waals surface area contributed by atoms with Crippen LogP contribution in [-0.2, 0) is 9.59 Å². The number of nitrogens with one attached hydrogen (secondary N) is 1. The molecule has 1 saturated heterocycles. The molecule has 0 aliphatic carbocycles. The third-order valence-corrected chi connectivity index (χ3v) is 3.65. The topological polar surface area (TPSA) is 69.7 Å². The van der Waals surface area contributed by atoms with E-state index in [1.54, 1.807) is 11.8 Å². The Morgan fingerprint density at radius 1 is 1.28 bits per heavy atom. The molecule has 0 saturated carbocycles. The molecule has 102 valence electrons. The normalized spacial score (nSPS) is 23.2. The van der Waals surface area contributed by atoms with Gasteiger partial charge in [0.15, 0.2) is 0 Å². The number of rotatable bonds is 5. The maximum absolute atomic E-state index is 12.0. The van der Waals surface area contributed by atoms with Gasteiger partial charge in [0.1, 0.15) is 12.1 Å². The average Bonchev–Trinajstić information content (AvgIpc) is 2.55. The van der Waals surface area contributed by atoms with E-state index in [1.165, 1.54) is 4.90 Å². The van der Waals surface area contributed by atoms with Crippen LogP contribution in [0.5, 0.6) is 0 Å². The number of carbonyl (C=O) groups excluding carboxylic acids is 3. The number of likely N-dealkylation sites (N-methyl/N-ethyl adjacent to an activating group) is 1. The molecule has 4 amide bonds. The van der Waals surface area contributed by atoms with E-state index >= 15 is 0 Å². The molecule has 0 aromatic carbocycles. The Morgan fingerprint density at radius 2 is 1.83 bits per heavy atom. The minimum Gasteiger partial charge on any atom is -0.342 e. The molecule has 0 radical (unpaired) electrons. The fraction of sp³-hybridized carbons (Fsp3) is 0.750. The van der Waals surface area contributed by atoms with Crippen molar-refractivity contribution < 1.29 is 14.4 Å². The van der Waals surface area contributed by atoms with Crippen LogP contribution in [0.25, 0.3) is 0 Å². The molecule has 1 unspecified atom stereocenters. The van der Waals surface area contributed by atoms with Crippen molar-refractivity contribution in [1.82, 2.24) is 15.1 Å². The Morgan fingerprint density at radius 3 is 2.28 bits per heavy atom. The van der Waals surface area contributed by atoms with Crippen molar-refractivity contribution in [3.8, 4) is 0 Å². The van der Waals surface area contributed by atoms with Crippen LogP contribution in [0, 0.1) is 0 Å². The van der Waals surface area contributed by atoms with Crippen molar-refractivity contribution in [3.63, 3.8) is 0 Å². The van der Waals surface area contributed by atoms with Crippen LogP contribution in [0.15, 0.2) is 0 Å². The van der Waals surface area contributed by atoms with Gasteiger partial charge in [-0.05, 0) is 27.2 Å². The van der Waals surface area contributed by atoms with E-state index in [4.69, 9.17) is 0 Å². The molecule has 1 aliphatic rings. The first-order chi connectivity index (χ1) is 8.40. The third-order valence-electron chi connectivity index (χ3n) is 3.65. The second-order valence-electron chi connectivity index (χ2n) is 4.54. The van der Waals surface area contributed by atoms with E-state index in [9.17, 15) is 14.4 Å². The summed E-state index contributed by atoms with van der Waals surface area (Å²) in [4.78, 5) is 38.4. The summed E-state index contributed by atoms with van der Waals surface area (Å²) in [5, 5.41) is 2.27. The molecule has 0 spiro atoms. The van der Waals surface area contributed by atoms with Crippen LogP contribution in [0.1, 0.15) is 34.1 Å². The van der Waals surface area contributed by atoms with Gasteiger partial charge in [-0.3, -0.25) is 14.9 Å². The number of urea groups is 1. The molecular weight excluding hydrogens is 234 g/mol. The van der Waals surface area contributed by atoms with Gasteiger partial charge < -0.3 is 9.80 Å². The predicted molar refractivity (Wildman–Crippen MR) is 66.9 cm³/mol. The number of amides is 4. The molecule has 1 atom stereocenters. The molecule has 0 aromatic heterocycles. The Kier molecular flexibility index (Phi) is 4.32. The van der Waals surface area contributed by atoms with Crippen molar-refractivity contribution >= 4 is 17.8 Å². The van der Waals surface area contributed by atoms with Gasteiger partial charge in [-0.1, -0.05) is 6.92 Å². The maximum Gasteiger partial charge on any atom is 0.325 e. The monoisotopic (exact) mass is 255 g/mol. The largest absolute Gasteiger partial charge is 0.342 e. The molecule has 1 rings (SSSR count). The molecule has 6 heteroatoms. The number of hydrogen-bond donors (Lipinski definition) is 1. The van der Waals surface area contributed by atoms with Crippen LogP contribution < -0.4 is 5.32 Å². The number of imide groups is 1. The predicted octanol–water partition coefficient (Wildman–Crippen LogP) is 0.575. The first-order valence-electron chi connectivity index (χ1n) is 6.31. The van der Waals surface area contributed by atoms with Crippen LogP contribution >= 0.6 is 0 Å². The van der Waals surface area contributed by atoms with Crippen LogP contribution in [0.3, 0.4) is 0 Å². The first kappa shape index (κ1) is 14.5. The van der Waals surface area contributed by atoms with E-state index in [0.717, 1.165) is 0 Å². The van der Waals surface area contributed by atoms with Crippen molar-refractivity contribution in [1.29, 1.82) is 0 Å². The average molecular weight is 255 g/mol. The fourth-order valence-electron chi connectivity index (χ4n) is 2.06. The van der Waals surface area contributed by atoms with Gasteiger partial charge in [0.05, 0.1) is 0 Å². The summed E-state index contributed by atoms with van der Waals surface area (Å²) in [5.74, 6) is -0.466. The highest BCUT2D eigenvalue weighted by molar-refractivity contribution is 6.07. The zero-order chi connectivity index (χ0) is 13.9. The molecule has 1 heterocycles.